The Bertz CT molecular complexity index is 883. The largest absolute Gasteiger partial charge is 0.462 e. The van der Waals surface area contributed by atoms with Gasteiger partial charge in [-0.3, -0.25) is 14.4 Å². The molecule has 0 saturated heterocycles. The van der Waals surface area contributed by atoms with Gasteiger partial charge in [-0.2, -0.15) is 0 Å². The summed E-state index contributed by atoms with van der Waals surface area (Å²) in [5.41, 5.74) is 0. The van der Waals surface area contributed by atoms with Crippen LogP contribution < -0.4 is 0 Å². The fraction of sp³-hybridized carbons (Fsp3) is 0.863. The molecule has 0 aliphatic heterocycles. The monoisotopic (exact) mass is 803 g/mol. The van der Waals surface area contributed by atoms with E-state index in [1.54, 1.807) is 0 Å². The molecule has 6 nitrogen and oxygen atoms in total. The normalized spacial score (nSPS) is 11.6. The van der Waals surface area contributed by atoms with Crippen LogP contribution in [0.5, 0.6) is 0 Å². The Morgan fingerprint density at radius 2 is 0.632 bits per heavy atom. The van der Waals surface area contributed by atoms with Crippen LogP contribution in [0.1, 0.15) is 265 Å². The van der Waals surface area contributed by atoms with Crippen molar-refractivity contribution in [2.45, 2.75) is 271 Å². The van der Waals surface area contributed by atoms with Crippen molar-refractivity contribution in [3.63, 3.8) is 0 Å². The Labute approximate surface area is 353 Å². The molecule has 6 heteroatoms. The average Bonchev–Trinajstić information content (AvgIpc) is 3.21. The summed E-state index contributed by atoms with van der Waals surface area (Å²) in [6.45, 7) is 6.61. The first-order chi connectivity index (χ1) is 28.0. The first-order valence-corrected chi connectivity index (χ1v) is 24.8. The van der Waals surface area contributed by atoms with Crippen molar-refractivity contribution in [3.8, 4) is 0 Å². The molecular weight excluding hydrogens is 709 g/mol. The SMILES string of the molecule is CCCCC/C=C\C/C=C\CCCCCCCC(=O)OC(COC(=O)CCCCCCCCCCCCCC)COC(=O)CCCCCCCCCCCCCC. The number of hydrogen-bond donors (Lipinski definition) is 0. The van der Waals surface area contributed by atoms with E-state index in [1.807, 2.05) is 0 Å². The second-order valence-corrected chi connectivity index (χ2v) is 16.7. The van der Waals surface area contributed by atoms with Crippen LogP contribution in [0.15, 0.2) is 24.3 Å². The second-order valence-electron chi connectivity index (χ2n) is 16.7. The number of esters is 3. The summed E-state index contributed by atoms with van der Waals surface area (Å²) >= 11 is 0. The van der Waals surface area contributed by atoms with Crippen molar-refractivity contribution in [1.29, 1.82) is 0 Å². The highest BCUT2D eigenvalue weighted by Crippen LogP contribution is 2.15. The Kier molecular flexibility index (Phi) is 44.9. The lowest BCUT2D eigenvalue weighted by Crippen LogP contribution is -2.30. The molecule has 0 amide bonds. The highest BCUT2D eigenvalue weighted by atomic mass is 16.6. The highest BCUT2D eigenvalue weighted by Gasteiger charge is 2.19. The standard InChI is InChI=1S/C51H94O6/c1-4-7-10-13-16-19-22-25-26-27-30-33-36-39-42-45-51(54)57-48(46-55-49(52)43-40-37-34-31-28-23-20-17-14-11-8-5-2)47-56-50(53)44-41-38-35-32-29-24-21-18-15-12-9-6-3/h16,19,25-26,48H,4-15,17-18,20-24,27-47H2,1-3H3/b19-16-,26-25-. The van der Waals surface area contributed by atoms with Crippen LogP contribution in [-0.2, 0) is 28.6 Å². The predicted octanol–water partition coefficient (Wildman–Crippen LogP) is 16.0. The number of allylic oxidation sites excluding steroid dienone is 4. The van der Waals surface area contributed by atoms with Gasteiger partial charge in [-0.1, -0.05) is 218 Å². The first-order valence-electron chi connectivity index (χ1n) is 24.8. The fourth-order valence-electron chi connectivity index (χ4n) is 7.18. The summed E-state index contributed by atoms with van der Waals surface area (Å²) in [7, 11) is 0. The molecule has 0 fully saturated rings. The molecule has 0 unspecified atom stereocenters. The first kappa shape index (κ1) is 54.9. The van der Waals surface area contributed by atoms with E-state index in [0.717, 1.165) is 77.0 Å². The number of carbonyl (C=O) groups excluding carboxylic acids is 3. The van der Waals surface area contributed by atoms with Gasteiger partial charge in [-0.25, -0.2) is 0 Å². The van der Waals surface area contributed by atoms with Crippen LogP contribution in [0.25, 0.3) is 0 Å². The van der Waals surface area contributed by atoms with Gasteiger partial charge in [0.1, 0.15) is 13.2 Å². The van der Waals surface area contributed by atoms with Gasteiger partial charge in [0.25, 0.3) is 0 Å². The lowest BCUT2D eigenvalue weighted by Gasteiger charge is -2.18. The van der Waals surface area contributed by atoms with Gasteiger partial charge in [0.2, 0.25) is 0 Å². The highest BCUT2D eigenvalue weighted by molar-refractivity contribution is 5.71. The fourth-order valence-corrected chi connectivity index (χ4v) is 7.18. The van der Waals surface area contributed by atoms with Gasteiger partial charge < -0.3 is 14.2 Å². The lowest BCUT2D eigenvalue weighted by molar-refractivity contribution is -0.167. The van der Waals surface area contributed by atoms with E-state index < -0.39 is 6.10 Å². The van der Waals surface area contributed by atoms with E-state index in [4.69, 9.17) is 14.2 Å². The summed E-state index contributed by atoms with van der Waals surface area (Å²) in [6.07, 6.45) is 51.5. The van der Waals surface area contributed by atoms with Crippen LogP contribution in [0, 0.1) is 0 Å². The Morgan fingerprint density at radius 1 is 0.351 bits per heavy atom. The van der Waals surface area contributed by atoms with E-state index >= 15 is 0 Å². The third-order valence-electron chi connectivity index (χ3n) is 11.0. The van der Waals surface area contributed by atoms with Crippen molar-refractivity contribution >= 4 is 17.9 Å². The zero-order chi connectivity index (χ0) is 41.5. The third kappa shape index (κ3) is 44.8. The second kappa shape index (κ2) is 46.6. The van der Waals surface area contributed by atoms with Gasteiger partial charge >= 0.3 is 17.9 Å². The van der Waals surface area contributed by atoms with Crippen LogP contribution >= 0.6 is 0 Å². The molecule has 0 saturated carbocycles. The molecule has 0 spiro atoms. The zero-order valence-corrected chi connectivity index (χ0v) is 38.1. The van der Waals surface area contributed by atoms with Crippen molar-refractivity contribution < 1.29 is 28.6 Å². The summed E-state index contributed by atoms with van der Waals surface area (Å²) in [5.74, 6) is -0.876. The Morgan fingerprint density at radius 3 is 1.00 bits per heavy atom. The maximum absolute atomic E-state index is 12.8. The number of carbonyl (C=O) groups is 3. The van der Waals surface area contributed by atoms with Crippen molar-refractivity contribution in [3.05, 3.63) is 24.3 Å². The van der Waals surface area contributed by atoms with Crippen LogP contribution in [-0.4, -0.2) is 37.2 Å². The van der Waals surface area contributed by atoms with Gasteiger partial charge in [0.15, 0.2) is 6.10 Å². The number of rotatable bonds is 45. The average molecular weight is 803 g/mol. The predicted molar refractivity (Wildman–Crippen MR) is 243 cm³/mol. The maximum Gasteiger partial charge on any atom is 0.306 e. The van der Waals surface area contributed by atoms with Gasteiger partial charge in [0, 0.05) is 19.3 Å². The van der Waals surface area contributed by atoms with E-state index in [-0.39, 0.29) is 31.1 Å². The molecular formula is C51H94O6. The molecule has 0 aromatic rings. The third-order valence-corrected chi connectivity index (χ3v) is 11.0. The minimum absolute atomic E-state index is 0.0725. The summed E-state index contributed by atoms with van der Waals surface area (Å²) in [5, 5.41) is 0. The summed E-state index contributed by atoms with van der Waals surface area (Å²) in [4.78, 5) is 37.8. The number of ether oxygens (including phenoxy) is 3. The summed E-state index contributed by atoms with van der Waals surface area (Å²) in [6, 6.07) is 0. The Balaban J connectivity index is 4.37. The van der Waals surface area contributed by atoms with Crippen molar-refractivity contribution in [2.24, 2.45) is 0 Å². The van der Waals surface area contributed by atoms with E-state index in [2.05, 4.69) is 45.1 Å². The summed E-state index contributed by atoms with van der Waals surface area (Å²) < 4.78 is 16.8. The van der Waals surface area contributed by atoms with E-state index in [9.17, 15) is 14.4 Å². The van der Waals surface area contributed by atoms with Crippen molar-refractivity contribution in [2.75, 3.05) is 13.2 Å². The number of hydrogen-bond acceptors (Lipinski definition) is 6. The molecule has 0 atom stereocenters. The van der Waals surface area contributed by atoms with Crippen LogP contribution in [0.2, 0.25) is 0 Å². The molecule has 0 rings (SSSR count). The number of unbranched alkanes of at least 4 members (excludes halogenated alkanes) is 30. The molecule has 0 aromatic heterocycles. The van der Waals surface area contributed by atoms with Gasteiger partial charge in [-0.15, -0.1) is 0 Å². The molecule has 0 radical (unpaired) electrons. The lowest BCUT2D eigenvalue weighted by atomic mass is 10.0. The molecule has 0 aliphatic carbocycles. The quantitative estimate of drug-likeness (QED) is 0.0264. The van der Waals surface area contributed by atoms with Crippen LogP contribution in [0.3, 0.4) is 0 Å². The molecule has 0 aromatic carbocycles. The molecule has 57 heavy (non-hydrogen) atoms. The minimum atomic E-state index is -0.771. The van der Waals surface area contributed by atoms with E-state index in [1.165, 1.54) is 148 Å². The van der Waals surface area contributed by atoms with Gasteiger partial charge in [0.05, 0.1) is 0 Å². The topological polar surface area (TPSA) is 78.9 Å². The zero-order valence-electron chi connectivity index (χ0n) is 38.1. The molecule has 0 N–H and O–H groups in total. The molecule has 0 bridgehead atoms. The van der Waals surface area contributed by atoms with Crippen molar-refractivity contribution in [1.82, 2.24) is 0 Å². The van der Waals surface area contributed by atoms with E-state index in [0.29, 0.717) is 19.3 Å². The smallest absolute Gasteiger partial charge is 0.306 e. The molecule has 0 heterocycles. The molecule has 334 valence electrons. The maximum atomic E-state index is 12.8. The minimum Gasteiger partial charge on any atom is -0.462 e. The van der Waals surface area contributed by atoms with Gasteiger partial charge in [-0.05, 0) is 51.4 Å². The Hall–Kier alpha value is -2.11. The molecule has 0 aliphatic rings. The van der Waals surface area contributed by atoms with Crippen LogP contribution in [0.4, 0.5) is 0 Å².